The Kier molecular flexibility index (Phi) is 8.31. The monoisotopic (exact) mass is 373 g/mol. The SMILES string of the molecule is CCN(CC)Cc1ccc(CNC(=O)CCNC(=O)c2ccsc2)cc1. The molecule has 2 N–H and O–H groups in total. The van der Waals surface area contributed by atoms with Crippen molar-refractivity contribution in [2.45, 2.75) is 33.4 Å². The van der Waals surface area contributed by atoms with Crippen LogP contribution in [0.4, 0.5) is 0 Å². The average Bonchev–Trinajstić information content (AvgIpc) is 3.20. The number of nitrogens with zero attached hydrogens (tertiary/aromatic N) is 1. The molecule has 0 unspecified atom stereocenters. The van der Waals surface area contributed by atoms with Crippen molar-refractivity contribution in [3.8, 4) is 0 Å². The fraction of sp³-hybridized carbons (Fsp3) is 0.400. The van der Waals surface area contributed by atoms with Crippen LogP contribution >= 0.6 is 11.3 Å². The Bertz CT molecular complexity index is 680. The van der Waals surface area contributed by atoms with E-state index in [0.29, 0.717) is 18.7 Å². The van der Waals surface area contributed by atoms with Gasteiger partial charge >= 0.3 is 0 Å². The van der Waals surface area contributed by atoms with Crippen LogP contribution in [0.2, 0.25) is 0 Å². The lowest BCUT2D eigenvalue weighted by Gasteiger charge is -2.18. The van der Waals surface area contributed by atoms with Crippen molar-refractivity contribution < 1.29 is 9.59 Å². The van der Waals surface area contributed by atoms with Gasteiger partial charge in [-0.1, -0.05) is 38.1 Å². The Balaban J connectivity index is 1.67. The number of hydrogen-bond donors (Lipinski definition) is 2. The van der Waals surface area contributed by atoms with E-state index in [1.165, 1.54) is 16.9 Å². The molecule has 0 saturated carbocycles. The number of nitrogens with one attached hydrogen (secondary N) is 2. The third kappa shape index (κ3) is 6.61. The molecule has 0 aliphatic carbocycles. The summed E-state index contributed by atoms with van der Waals surface area (Å²) in [6.07, 6.45) is 0.274. The second kappa shape index (κ2) is 10.7. The van der Waals surface area contributed by atoms with Gasteiger partial charge in [-0.25, -0.2) is 0 Å². The summed E-state index contributed by atoms with van der Waals surface area (Å²) in [5, 5.41) is 9.29. The van der Waals surface area contributed by atoms with Gasteiger partial charge in [0.1, 0.15) is 0 Å². The molecule has 0 aliphatic heterocycles. The summed E-state index contributed by atoms with van der Waals surface area (Å²) in [5.74, 6) is -0.203. The van der Waals surface area contributed by atoms with Crippen molar-refractivity contribution in [3.05, 3.63) is 57.8 Å². The summed E-state index contributed by atoms with van der Waals surface area (Å²) in [4.78, 5) is 26.0. The molecule has 140 valence electrons. The number of rotatable bonds is 10. The standard InChI is InChI=1S/C20H27N3O2S/c1-3-23(4-2)14-17-7-5-16(6-8-17)13-22-19(24)9-11-21-20(25)18-10-12-26-15-18/h5-8,10,12,15H,3-4,9,11,13-14H2,1-2H3,(H,21,25)(H,22,24). The molecule has 0 fully saturated rings. The zero-order chi connectivity index (χ0) is 18.8. The minimum absolute atomic E-state index is 0.0668. The van der Waals surface area contributed by atoms with Crippen LogP contribution in [0.15, 0.2) is 41.1 Å². The van der Waals surface area contributed by atoms with Gasteiger partial charge in [-0.15, -0.1) is 0 Å². The third-order valence-electron chi connectivity index (χ3n) is 4.23. The Morgan fingerprint density at radius 3 is 2.31 bits per heavy atom. The largest absolute Gasteiger partial charge is 0.352 e. The molecular weight excluding hydrogens is 346 g/mol. The van der Waals surface area contributed by atoms with Crippen LogP contribution in [0.25, 0.3) is 0 Å². The van der Waals surface area contributed by atoms with E-state index < -0.39 is 0 Å². The molecule has 0 bridgehead atoms. The normalized spacial score (nSPS) is 10.7. The zero-order valence-electron chi connectivity index (χ0n) is 15.5. The first kappa shape index (κ1) is 20.1. The smallest absolute Gasteiger partial charge is 0.252 e. The highest BCUT2D eigenvalue weighted by molar-refractivity contribution is 7.08. The second-order valence-electron chi connectivity index (χ2n) is 6.07. The maximum absolute atomic E-state index is 11.9. The van der Waals surface area contributed by atoms with E-state index in [4.69, 9.17) is 0 Å². The molecule has 2 amide bonds. The topological polar surface area (TPSA) is 61.4 Å². The van der Waals surface area contributed by atoms with Gasteiger partial charge in [0.05, 0.1) is 0 Å². The van der Waals surface area contributed by atoms with Crippen LogP contribution in [0.3, 0.4) is 0 Å². The molecule has 0 aliphatic rings. The number of amides is 2. The van der Waals surface area contributed by atoms with Crippen molar-refractivity contribution in [1.29, 1.82) is 0 Å². The van der Waals surface area contributed by atoms with Crippen molar-refractivity contribution in [2.75, 3.05) is 19.6 Å². The molecule has 0 spiro atoms. The molecule has 1 aromatic heterocycles. The number of carbonyl (C=O) groups is 2. The molecule has 6 heteroatoms. The van der Waals surface area contributed by atoms with Crippen LogP contribution in [-0.4, -0.2) is 36.3 Å². The number of carbonyl (C=O) groups excluding carboxylic acids is 2. The van der Waals surface area contributed by atoms with E-state index in [2.05, 4.69) is 53.6 Å². The van der Waals surface area contributed by atoms with E-state index in [-0.39, 0.29) is 18.2 Å². The summed E-state index contributed by atoms with van der Waals surface area (Å²) in [6.45, 7) is 8.19. The van der Waals surface area contributed by atoms with Crippen LogP contribution in [0.1, 0.15) is 41.8 Å². The van der Waals surface area contributed by atoms with Crippen LogP contribution in [0, 0.1) is 0 Å². The minimum atomic E-state index is -0.136. The molecule has 0 saturated heterocycles. The van der Waals surface area contributed by atoms with E-state index in [1.54, 1.807) is 11.4 Å². The summed E-state index contributed by atoms with van der Waals surface area (Å²) >= 11 is 1.48. The predicted octanol–water partition coefficient (Wildman–Crippen LogP) is 3.03. The quantitative estimate of drug-likeness (QED) is 0.673. The molecule has 26 heavy (non-hydrogen) atoms. The summed E-state index contributed by atoms with van der Waals surface area (Å²) < 4.78 is 0. The first-order valence-electron chi connectivity index (χ1n) is 8.99. The van der Waals surface area contributed by atoms with Gasteiger partial charge in [-0.2, -0.15) is 11.3 Å². The Morgan fingerprint density at radius 2 is 1.69 bits per heavy atom. The van der Waals surface area contributed by atoms with E-state index >= 15 is 0 Å². The fourth-order valence-electron chi connectivity index (χ4n) is 2.54. The van der Waals surface area contributed by atoms with Gasteiger partial charge in [0.25, 0.3) is 5.91 Å². The maximum Gasteiger partial charge on any atom is 0.252 e. The number of hydrogen-bond acceptors (Lipinski definition) is 4. The van der Waals surface area contributed by atoms with Gasteiger partial charge in [0.2, 0.25) is 5.91 Å². The summed E-state index contributed by atoms with van der Waals surface area (Å²) in [5.41, 5.74) is 2.99. The predicted molar refractivity (Wildman–Crippen MR) is 106 cm³/mol. The van der Waals surface area contributed by atoms with Gasteiger partial charge in [-0.3, -0.25) is 14.5 Å². The first-order valence-corrected chi connectivity index (χ1v) is 9.94. The van der Waals surface area contributed by atoms with Crippen molar-refractivity contribution in [3.63, 3.8) is 0 Å². The molecular formula is C20H27N3O2S. The van der Waals surface area contributed by atoms with Gasteiger partial charge in [-0.05, 0) is 35.7 Å². The van der Waals surface area contributed by atoms with Crippen LogP contribution < -0.4 is 10.6 Å². The number of benzene rings is 1. The second-order valence-corrected chi connectivity index (χ2v) is 6.85. The summed E-state index contributed by atoms with van der Waals surface area (Å²) in [7, 11) is 0. The lowest BCUT2D eigenvalue weighted by Crippen LogP contribution is -2.30. The number of thiophene rings is 1. The zero-order valence-corrected chi connectivity index (χ0v) is 16.3. The van der Waals surface area contributed by atoms with Gasteiger partial charge in [0.15, 0.2) is 0 Å². The van der Waals surface area contributed by atoms with Crippen molar-refractivity contribution >= 4 is 23.2 Å². The lowest BCUT2D eigenvalue weighted by molar-refractivity contribution is -0.121. The molecule has 0 atom stereocenters. The molecule has 1 heterocycles. The van der Waals surface area contributed by atoms with E-state index in [0.717, 1.165) is 25.2 Å². The third-order valence-corrected chi connectivity index (χ3v) is 4.92. The van der Waals surface area contributed by atoms with E-state index in [9.17, 15) is 9.59 Å². The molecule has 0 radical (unpaired) electrons. The molecule has 1 aromatic carbocycles. The van der Waals surface area contributed by atoms with Crippen LogP contribution in [0.5, 0.6) is 0 Å². The molecule has 5 nitrogen and oxygen atoms in total. The van der Waals surface area contributed by atoms with Crippen LogP contribution in [-0.2, 0) is 17.9 Å². The fourth-order valence-corrected chi connectivity index (χ4v) is 3.18. The minimum Gasteiger partial charge on any atom is -0.352 e. The maximum atomic E-state index is 11.9. The van der Waals surface area contributed by atoms with Crippen molar-refractivity contribution in [1.82, 2.24) is 15.5 Å². The highest BCUT2D eigenvalue weighted by atomic mass is 32.1. The average molecular weight is 374 g/mol. The lowest BCUT2D eigenvalue weighted by atomic mass is 10.1. The Hall–Kier alpha value is -2.18. The van der Waals surface area contributed by atoms with Gasteiger partial charge in [0, 0.05) is 37.0 Å². The Morgan fingerprint density at radius 1 is 1.00 bits per heavy atom. The molecule has 2 rings (SSSR count). The highest BCUT2D eigenvalue weighted by Crippen LogP contribution is 2.08. The summed E-state index contributed by atoms with van der Waals surface area (Å²) in [6, 6.07) is 10.1. The van der Waals surface area contributed by atoms with E-state index in [1.807, 2.05) is 5.38 Å². The Labute approximate surface area is 159 Å². The van der Waals surface area contributed by atoms with Crippen molar-refractivity contribution in [2.24, 2.45) is 0 Å². The van der Waals surface area contributed by atoms with Gasteiger partial charge < -0.3 is 10.6 Å². The highest BCUT2D eigenvalue weighted by Gasteiger charge is 2.07. The first-order chi connectivity index (χ1) is 12.6. The molecule has 2 aromatic rings.